The summed E-state index contributed by atoms with van der Waals surface area (Å²) in [6, 6.07) is 4.22. The summed E-state index contributed by atoms with van der Waals surface area (Å²) in [4.78, 5) is 12.7. The van der Waals surface area contributed by atoms with Crippen molar-refractivity contribution in [2.45, 2.75) is 45.1 Å². The van der Waals surface area contributed by atoms with E-state index in [9.17, 15) is 0 Å². The Bertz CT molecular complexity index is 954. The van der Waals surface area contributed by atoms with Crippen molar-refractivity contribution in [1.29, 1.82) is 0 Å². The Kier molecular flexibility index (Phi) is 4.53. The number of hydrogen-bond acceptors (Lipinski definition) is 6. The molecule has 4 heterocycles. The number of fused-ring (bicyclic) bond motifs is 1. The average molecular weight is 403 g/mol. The summed E-state index contributed by atoms with van der Waals surface area (Å²) < 4.78 is 1.04. The highest BCUT2D eigenvalue weighted by molar-refractivity contribution is 7.19. The lowest BCUT2D eigenvalue weighted by Crippen LogP contribution is -2.32. The Labute approximate surface area is 167 Å². The molecule has 3 aromatic rings. The summed E-state index contributed by atoms with van der Waals surface area (Å²) in [5, 5.41) is 11.1. The number of anilines is 2. The van der Waals surface area contributed by atoms with Crippen molar-refractivity contribution in [2.75, 3.05) is 18.4 Å². The molecule has 2 aliphatic rings. The number of halogens is 1. The van der Waals surface area contributed by atoms with E-state index in [0.717, 1.165) is 34.3 Å². The van der Waals surface area contributed by atoms with Crippen molar-refractivity contribution in [3.63, 3.8) is 0 Å². The molecule has 1 aliphatic heterocycles. The number of nitrogens with zero attached hydrogens (tertiary/aromatic N) is 4. The SMILES string of the molecule is CC1CCN(Cc2cc3nc(Cl)nc(Nc4cc(C5CC5)[nH]n4)c3s2)CC1. The maximum absolute atomic E-state index is 6.18. The minimum atomic E-state index is 0.263. The Morgan fingerprint density at radius 2 is 2.04 bits per heavy atom. The third-order valence-electron chi connectivity index (χ3n) is 5.51. The van der Waals surface area contributed by atoms with Crippen molar-refractivity contribution in [3.05, 3.63) is 28.0 Å². The van der Waals surface area contributed by atoms with E-state index in [0.29, 0.717) is 5.92 Å². The van der Waals surface area contributed by atoms with Gasteiger partial charge in [-0.05, 0) is 62.4 Å². The fourth-order valence-corrected chi connectivity index (χ4v) is 4.94. The van der Waals surface area contributed by atoms with E-state index in [-0.39, 0.29) is 5.28 Å². The van der Waals surface area contributed by atoms with Crippen molar-refractivity contribution in [1.82, 2.24) is 25.1 Å². The molecule has 142 valence electrons. The quantitative estimate of drug-likeness (QED) is 0.592. The van der Waals surface area contributed by atoms with E-state index in [1.54, 1.807) is 11.3 Å². The zero-order valence-electron chi connectivity index (χ0n) is 15.3. The number of nitrogens with one attached hydrogen (secondary N) is 2. The number of piperidine rings is 1. The van der Waals surface area contributed by atoms with Crippen molar-refractivity contribution >= 4 is 44.8 Å². The van der Waals surface area contributed by atoms with Gasteiger partial charge in [-0.2, -0.15) is 10.1 Å². The van der Waals surface area contributed by atoms with E-state index in [4.69, 9.17) is 11.6 Å². The minimum absolute atomic E-state index is 0.263. The van der Waals surface area contributed by atoms with Crippen LogP contribution in [0.1, 0.15) is 49.1 Å². The molecule has 1 saturated carbocycles. The van der Waals surface area contributed by atoms with Crippen LogP contribution in [0.4, 0.5) is 11.6 Å². The molecule has 0 radical (unpaired) electrons. The highest BCUT2D eigenvalue weighted by Crippen LogP contribution is 2.40. The molecular weight excluding hydrogens is 380 g/mol. The van der Waals surface area contributed by atoms with Crippen LogP contribution >= 0.6 is 22.9 Å². The zero-order valence-corrected chi connectivity index (χ0v) is 16.9. The number of aromatic amines is 1. The van der Waals surface area contributed by atoms with Crippen LogP contribution in [0.5, 0.6) is 0 Å². The van der Waals surface area contributed by atoms with Crippen LogP contribution in [0.3, 0.4) is 0 Å². The molecule has 6 nitrogen and oxygen atoms in total. The monoisotopic (exact) mass is 402 g/mol. The third kappa shape index (κ3) is 3.81. The maximum Gasteiger partial charge on any atom is 0.224 e. The number of aromatic nitrogens is 4. The van der Waals surface area contributed by atoms with Crippen LogP contribution in [0.25, 0.3) is 10.2 Å². The highest BCUT2D eigenvalue weighted by atomic mass is 35.5. The van der Waals surface area contributed by atoms with Gasteiger partial charge in [0.05, 0.1) is 10.2 Å². The van der Waals surface area contributed by atoms with E-state index in [2.05, 4.69) is 49.4 Å². The van der Waals surface area contributed by atoms with Gasteiger partial charge in [0, 0.05) is 29.1 Å². The Hall–Kier alpha value is -1.70. The van der Waals surface area contributed by atoms with E-state index in [1.165, 1.54) is 49.3 Å². The van der Waals surface area contributed by atoms with Gasteiger partial charge in [-0.15, -0.1) is 11.3 Å². The second kappa shape index (κ2) is 7.04. The molecule has 3 aromatic heterocycles. The molecule has 0 atom stereocenters. The van der Waals surface area contributed by atoms with Crippen LogP contribution in [0, 0.1) is 5.92 Å². The number of thiophene rings is 1. The zero-order chi connectivity index (χ0) is 18.4. The first-order chi connectivity index (χ1) is 13.1. The number of hydrogen-bond donors (Lipinski definition) is 2. The second-order valence-corrected chi connectivity index (χ2v) is 9.31. The normalized spacial score (nSPS) is 19.0. The summed E-state index contributed by atoms with van der Waals surface area (Å²) in [6.07, 6.45) is 5.06. The van der Waals surface area contributed by atoms with Crippen LogP contribution in [0.2, 0.25) is 5.28 Å². The van der Waals surface area contributed by atoms with Gasteiger partial charge in [0.1, 0.15) is 0 Å². The smallest absolute Gasteiger partial charge is 0.224 e. The molecule has 0 amide bonds. The highest BCUT2D eigenvalue weighted by Gasteiger charge is 2.26. The van der Waals surface area contributed by atoms with Gasteiger partial charge in [0.25, 0.3) is 0 Å². The molecular formula is C19H23ClN6S. The largest absolute Gasteiger partial charge is 0.322 e. The van der Waals surface area contributed by atoms with Crippen molar-refractivity contribution in [3.8, 4) is 0 Å². The summed E-state index contributed by atoms with van der Waals surface area (Å²) in [5.41, 5.74) is 2.10. The first-order valence-corrected chi connectivity index (χ1v) is 10.8. The number of likely N-dealkylation sites (tertiary alicyclic amines) is 1. The van der Waals surface area contributed by atoms with E-state index >= 15 is 0 Å². The van der Waals surface area contributed by atoms with Gasteiger partial charge >= 0.3 is 0 Å². The summed E-state index contributed by atoms with van der Waals surface area (Å²) in [6.45, 7) is 5.66. The fraction of sp³-hybridized carbons (Fsp3) is 0.526. The molecule has 27 heavy (non-hydrogen) atoms. The molecule has 5 rings (SSSR count). The van der Waals surface area contributed by atoms with Gasteiger partial charge < -0.3 is 5.32 Å². The lowest BCUT2D eigenvalue weighted by molar-refractivity contribution is 0.187. The summed E-state index contributed by atoms with van der Waals surface area (Å²) in [7, 11) is 0. The van der Waals surface area contributed by atoms with Gasteiger partial charge in [0.15, 0.2) is 11.6 Å². The number of rotatable bonds is 5. The first-order valence-electron chi connectivity index (χ1n) is 9.64. The molecule has 8 heteroatoms. The first kappa shape index (κ1) is 17.4. The molecule has 2 N–H and O–H groups in total. The minimum Gasteiger partial charge on any atom is -0.322 e. The average Bonchev–Trinajstić information content (AvgIpc) is 3.25. The van der Waals surface area contributed by atoms with Crippen molar-refractivity contribution < 1.29 is 0 Å². The summed E-state index contributed by atoms with van der Waals surface area (Å²) in [5.74, 6) is 3.01. The Morgan fingerprint density at radius 1 is 1.22 bits per heavy atom. The molecule has 1 saturated heterocycles. The van der Waals surface area contributed by atoms with E-state index < -0.39 is 0 Å². The molecule has 2 fully saturated rings. The van der Waals surface area contributed by atoms with Crippen LogP contribution in [-0.4, -0.2) is 38.2 Å². The standard InChI is InChI=1S/C19H23ClN6S/c1-11-4-6-26(7-5-11)10-13-8-15-17(27-13)18(23-19(20)21-15)22-16-9-14(24-25-16)12-2-3-12/h8-9,11-12H,2-7,10H2,1H3,(H2,21,22,23,24,25). The molecule has 0 spiro atoms. The third-order valence-corrected chi connectivity index (χ3v) is 6.80. The lowest BCUT2D eigenvalue weighted by atomic mass is 9.99. The van der Waals surface area contributed by atoms with Gasteiger partial charge in [-0.3, -0.25) is 10.00 Å². The van der Waals surface area contributed by atoms with Gasteiger partial charge in [-0.25, -0.2) is 4.98 Å². The predicted octanol–water partition coefficient (Wildman–Crippen LogP) is 4.92. The molecule has 1 aliphatic carbocycles. The topological polar surface area (TPSA) is 69.7 Å². The molecule has 0 aromatic carbocycles. The van der Waals surface area contributed by atoms with Crippen LogP contribution in [0.15, 0.2) is 12.1 Å². The summed E-state index contributed by atoms with van der Waals surface area (Å²) >= 11 is 7.92. The Balaban J connectivity index is 1.39. The van der Waals surface area contributed by atoms with Crippen LogP contribution < -0.4 is 5.32 Å². The second-order valence-electron chi connectivity index (χ2n) is 7.83. The maximum atomic E-state index is 6.18. The fourth-order valence-electron chi connectivity index (χ4n) is 3.68. The van der Waals surface area contributed by atoms with Gasteiger partial charge in [0.2, 0.25) is 5.28 Å². The van der Waals surface area contributed by atoms with E-state index in [1.807, 2.05) is 0 Å². The molecule has 0 unspecified atom stereocenters. The van der Waals surface area contributed by atoms with Gasteiger partial charge in [-0.1, -0.05) is 6.92 Å². The lowest BCUT2D eigenvalue weighted by Gasteiger charge is -2.29. The Morgan fingerprint density at radius 3 is 2.81 bits per heavy atom. The molecule has 0 bridgehead atoms. The number of H-pyrrole nitrogens is 1. The van der Waals surface area contributed by atoms with Crippen molar-refractivity contribution in [2.24, 2.45) is 5.92 Å². The predicted molar refractivity (Wildman–Crippen MR) is 110 cm³/mol. The van der Waals surface area contributed by atoms with Crippen LogP contribution in [-0.2, 0) is 6.54 Å².